The number of hydrogen-bond acceptors (Lipinski definition) is 4. The highest BCUT2D eigenvalue weighted by Crippen LogP contribution is 2.27. The van der Waals surface area contributed by atoms with Gasteiger partial charge in [-0.3, -0.25) is 4.79 Å². The van der Waals surface area contributed by atoms with Gasteiger partial charge in [-0.05, 0) is 43.0 Å². The summed E-state index contributed by atoms with van der Waals surface area (Å²) in [5.41, 5.74) is 0.882. The first-order chi connectivity index (χ1) is 9.45. The highest BCUT2D eigenvalue weighted by molar-refractivity contribution is 7.90. The molecule has 0 aliphatic heterocycles. The topological polar surface area (TPSA) is 75.3 Å². The molecule has 2 N–H and O–H groups in total. The highest BCUT2D eigenvalue weighted by atomic mass is 35.5. The standard InChI is InChI=1S/C14H20N2O3S.ClH/c1-20(18,19)13-6-4-12(5-7-13)9-16-14(17)10-15-8-11-2-3-11;/h4-7,11,15H,2-3,8-10H2,1H3,(H,16,17);1H. The summed E-state index contributed by atoms with van der Waals surface area (Å²) in [6, 6.07) is 6.55. The molecule has 2 rings (SSSR count). The van der Waals surface area contributed by atoms with Crippen molar-refractivity contribution < 1.29 is 13.2 Å². The lowest BCUT2D eigenvalue weighted by Crippen LogP contribution is -2.34. The molecule has 7 heteroatoms. The highest BCUT2D eigenvalue weighted by Gasteiger charge is 2.20. The van der Waals surface area contributed by atoms with E-state index in [4.69, 9.17) is 0 Å². The molecular formula is C14H21ClN2O3S. The van der Waals surface area contributed by atoms with E-state index in [1.165, 1.54) is 19.1 Å². The second-order valence-corrected chi connectivity index (χ2v) is 7.28. The van der Waals surface area contributed by atoms with Gasteiger partial charge in [-0.15, -0.1) is 12.4 Å². The van der Waals surface area contributed by atoms with E-state index >= 15 is 0 Å². The fraction of sp³-hybridized carbons (Fsp3) is 0.500. The normalized spacial score (nSPS) is 14.3. The number of rotatable bonds is 7. The maximum atomic E-state index is 11.6. The molecule has 1 aliphatic rings. The van der Waals surface area contributed by atoms with Crippen LogP contribution in [0.2, 0.25) is 0 Å². The molecule has 0 aromatic heterocycles. The fourth-order valence-corrected chi connectivity index (χ4v) is 2.46. The Balaban J connectivity index is 0.00000220. The number of benzene rings is 1. The van der Waals surface area contributed by atoms with Crippen molar-refractivity contribution in [3.63, 3.8) is 0 Å². The average molecular weight is 333 g/mol. The zero-order valence-corrected chi connectivity index (χ0v) is 13.6. The van der Waals surface area contributed by atoms with E-state index in [2.05, 4.69) is 10.6 Å². The minimum absolute atomic E-state index is 0. The lowest BCUT2D eigenvalue weighted by Gasteiger charge is -2.07. The van der Waals surface area contributed by atoms with Crippen LogP contribution >= 0.6 is 12.4 Å². The first-order valence-corrected chi connectivity index (χ1v) is 8.61. The monoisotopic (exact) mass is 332 g/mol. The van der Waals surface area contributed by atoms with Crippen LogP contribution in [-0.4, -0.2) is 33.7 Å². The molecule has 1 fully saturated rings. The maximum Gasteiger partial charge on any atom is 0.234 e. The van der Waals surface area contributed by atoms with Crippen molar-refractivity contribution in [2.45, 2.75) is 24.3 Å². The van der Waals surface area contributed by atoms with E-state index < -0.39 is 9.84 Å². The van der Waals surface area contributed by atoms with E-state index in [1.54, 1.807) is 24.3 Å². The fourth-order valence-electron chi connectivity index (χ4n) is 1.83. The zero-order chi connectivity index (χ0) is 14.6. The Bertz CT molecular complexity index is 568. The molecule has 1 aromatic carbocycles. The minimum atomic E-state index is -3.16. The molecule has 1 saturated carbocycles. The Hall–Kier alpha value is -1.11. The van der Waals surface area contributed by atoms with Crippen molar-refractivity contribution in [1.82, 2.24) is 10.6 Å². The molecule has 0 unspecified atom stereocenters. The molecule has 0 bridgehead atoms. The Labute approximate surface area is 131 Å². The Morgan fingerprint density at radius 1 is 1.24 bits per heavy atom. The van der Waals surface area contributed by atoms with Crippen LogP contribution in [0.5, 0.6) is 0 Å². The largest absolute Gasteiger partial charge is 0.351 e. The van der Waals surface area contributed by atoms with Gasteiger partial charge in [0.1, 0.15) is 0 Å². The van der Waals surface area contributed by atoms with Crippen LogP contribution in [0.15, 0.2) is 29.2 Å². The van der Waals surface area contributed by atoms with Crippen LogP contribution in [0.25, 0.3) is 0 Å². The summed E-state index contributed by atoms with van der Waals surface area (Å²) in [5, 5.41) is 5.92. The molecule has 5 nitrogen and oxygen atoms in total. The number of nitrogens with one attached hydrogen (secondary N) is 2. The number of carbonyl (C=O) groups is 1. The number of halogens is 1. The van der Waals surface area contributed by atoms with Gasteiger partial charge in [-0.1, -0.05) is 12.1 Å². The molecule has 1 aliphatic carbocycles. The maximum absolute atomic E-state index is 11.6. The van der Waals surface area contributed by atoms with Crippen LogP contribution in [0.1, 0.15) is 18.4 Å². The Morgan fingerprint density at radius 2 is 1.86 bits per heavy atom. The smallest absolute Gasteiger partial charge is 0.234 e. The summed E-state index contributed by atoms with van der Waals surface area (Å²) in [4.78, 5) is 11.9. The second kappa shape index (κ2) is 7.77. The predicted molar refractivity (Wildman–Crippen MR) is 84.2 cm³/mol. The first-order valence-electron chi connectivity index (χ1n) is 6.71. The lowest BCUT2D eigenvalue weighted by atomic mass is 10.2. The third-order valence-corrected chi connectivity index (χ3v) is 4.39. The summed E-state index contributed by atoms with van der Waals surface area (Å²) in [5.74, 6) is 0.712. The molecule has 21 heavy (non-hydrogen) atoms. The van der Waals surface area contributed by atoms with Crippen molar-refractivity contribution >= 4 is 28.2 Å². The van der Waals surface area contributed by atoms with E-state index in [-0.39, 0.29) is 18.3 Å². The van der Waals surface area contributed by atoms with Crippen LogP contribution in [-0.2, 0) is 21.2 Å². The number of carbonyl (C=O) groups excluding carboxylic acids is 1. The van der Waals surface area contributed by atoms with Gasteiger partial charge in [-0.2, -0.15) is 0 Å². The van der Waals surface area contributed by atoms with Gasteiger partial charge in [0, 0.05) is 12.8 Å². The van der Waals surface area contributed by atoms with E-state index in [0.29, 0.717) is 18.0 Å². The number of sulfone groups is 1. The molecule has 0 radical (unpaired) electrons. The van der Waals surface area contributed by atoms with Crippen molar-refractivity contribution in [3.8, 4) is 0 Å². The molecule has 0 heterocycles. The third kappa shape index (κ3) is 6.46. The molecule has 0 spiro atoms. The third-order valence-electron chi connectivity index (χ3n) is 3.26. The van der Waals surface area contributed by atoms with Crippen LogP contribution < -0.4 is 10.6 Å². The van der Waals surface area contributed by atoms with Gasteiger partial charge >= 0.3 is 0 Å². The summed E-state index contributed by atoms with van der Waals surface area (Å²) < 4.78 is 22.6. The van der Waals surface area contributed by atoms with E-state index in [1.807, 2.05) is 0 Å². The summed E-state index contributed by atoms with van der Waals surface area (Å²) in [6.07, 6.45) is 3.71. The van der Waals surface area contributed by atoms with Crippen LogP contribution in [0, 0.1) is 5.92 Å². The summed E-state index contributed by atoms with van der Waals surface area (Å²) in [6.45, 7) is 1.66. The van der Waals surface area contributed by atoms with E-state index in [0.717, 1.165) is 18.0 Å². The minimum Gasteiger partial charge on any atom is -0.351 e. The lowest BCUT2D eigenvalue weighted by molar-refractivity contribution is -0.120. The summed E-state index contributed by atoms with van der Waals surface area (Å²) >= 11 is 0. The molecule has 118 valence electrons. The van der Waals surface area contributed by atoms with Gasteiger partial charge in [0.2, 0.25) is 5.91 Å². The number of amides is 1. The van der Waals surface area contributed by atoms with Crippen molar-refractivity contribution in [3.05, 3.63) is 29.8 Å². The van der Waals surface area contributed by atoms with Gasteiger partial charge < -0.3 is 10.6 Å². The molecule has 1 amide bonds. The van der Waals surface area contributed by atoms with Gasteiger partial charge in [-0.25, -0.2) is 8.42 Å². The molecule has 0 saturated heterocycles. The van der Waals surface area contributed by atoms with Crippen LogP contribution in [0.3, 0.4) is 0 Å². The SMILES string of the molecule is CS(=O)(=O)c1ccc(CNC(=O)CNCC2CC2)cc1.Cl. The summed E-state index contributed by atoms with van der Waals surface area (Å²) in [7, 11) is -3.16. The molecular weight excluding hydrogens is 312 g/mol. The van der Waals surface area contributed by atoms with Crippen molar-refractivity contribution in [2.75, 3.05) is 19.3 Å². The van der Waals surface area contributed by atoms with Crippen molar-refractivity contribution in [1.29, 1.82) is 0 Å². The second-order valence-electron chi connectivity index (χ2n) is 5.27. The van der Waals surface area contributed by atoms with Gasteiger partial charge in [0.25, 0.3) is 0 Å². The number of hydrogen-bond donors (Lipinski definition) is 2. The average Bonchev–Trinajstić information content (AvgIpc) is 3.20. The predicted octanol–water partition coefficient (Wildman–Crippen LogP) is 1.13. The zero-order valence-electron chi connectivity index (χ0n) is 12.0. The molecule has 0 atom stereocenters. The van der Waals surface area contributed by atoms with Crippen molar-refractivity contribution in [2.24, 2.45) is 5.92 Å². The molecule has 1 aromatic rings. The Kier molecular flexibility index (Phi) is 6.64. The first kappa shape index (κ1) is 17.9. The van der Waals surface area contributed by atoms with Gasteiger partial charge in [0.15, 0.2) is 9.84 Å². The quantitative estimate of drug-likeness (QED) is 0.785. The Morgan fingerprint density at radius 3 is 2.38 bits per heavy atom. The van der Waals surface area contributed by atoms with Gasteiger partial charge in [0.05, 0.1) is 11.4 Å². The van der Waals surface area contributed by atoms with E-state index in [9.17, 15) is 13.2 Å². The van der Waals surface area contributed by atoms with Crippen LogP contribution in [0.4, 0.5) is 0 Å².